The van der Waals surface area contributed by atoms with E-state index >= 15 is 0 Å². The van der Waals surface area contributed by atoms with Gasteiger partial charge >= 0.3 is 0 Å². The van der Waals surface area contributed by atoms with Crippen LogP contribution in [0.1, 0.15) is 17.4 Å². The number of carbonyl (C=O) groups excluding carboxylic acids is 2. The molecule has 0 spiro atoms. The Morgan fingerprint density at radius 1 is 1.55 bits per heavy atom. The number of aromatic nitrogens is 1. The van der Waals surface area contributed by atoms with Crippen LogP contribution in [-0.4, -0.2) is 54.0 Å². The molecular formula is C13H19BrN4O2. The Kier molecular flexibility index (Phi) is 4.82. The average Bonchev–Trinajstić information content (AvgIpc) is 2.86. The lowest BCUT2D eigenvalue weighted by Gasteiger charge is -2.35. The third-order valence-electron chi connectivity index (χ3n) is 3.48. The third kappa shape index (κ3) is 2.88. The fourth-order valence-electron chi connectivity index (χ4n) is 2.41. The number of carbonyl (C=O) groups is 2. The Balaban J connectivity index is 2.27. The molecule has 2 heterocycles. The summed E-state index contributed by atoms with van der Waals surface area (Å²) in [6.07, 6.45) is 1.88. The highest BCUT2D eigenvalue weighted by molar-refractivity contribution is 9.10. The van der Waals surface area contributed by atoms with Crippen LogP contribution in [0.5, 0.6) is 0 Å². The second-order valence-corrected chi connectivity index (χ2v) is 5.58. The molecule has 0 aromatic carbocycles. The molecule has 0 saturated carbocycles. The van der Waals surface area contributed by atoms with Gasteiger partial charge in [-0.15, -0.1) is 0 Å². The highest BCUT2D eigenvalue weighted by atomic mass is 79.9. The van der Waals surface area contributed by atoms with Crippen LogP contribution < -0.4 is 10.6 Å². The zero-order valence-corrected chi connectivity index (χ0v) is 13.2. The van der Waals surface area contributed by atoms with E-state index in [1.807, 2.05) is 17.7 Å². The van der Waals surface area contributed by atoms with E-state index in [-0.39, 0.29) is 11.8 Å². The number of nitrogens with zero attached hydrogens (tertiary/aromatic N) is 2. The molecule has 1 saturated heterocycles. The number of nitrogens with one attached hydrogen (secondary N) is 2. The average molecular weight is 343 g/mol. The van der Waals surface area contributed by atoms with Crippen LogP contribution in [0, 0.1) is 0 Å². The number of hydrogen-bond donors (Lipinski definition) is 2. The highest BCUT2D eigenvalue weighted by Gasteiger charge is 2.33. The minimum Gasteiger partial charge on any atom is -0.357 e. The van der Waals surface area contributed by atoms with E-state index in [9.17, 15) is 9.59 Å². The standard InChI is InChI=1S/C13H19BrN4O2/c1-3-17-8-9(14)6-10(17)13(20)18-5-4-16-7-11(18)12(19)15-2/h6,8,11,16H,3-5,7H2,1-2H3,(H,15,19). The maximum atomic E-state index is 12.7. The van der Waals surface area contributed by atoms with Crippen molar-refractivity contribution < 1.29 is 9.59 Å². The summed E-state index contributed by atoms with van der Waals surface area (Å²) in [5.74, 6) is -0.244. The molecule has 110 valence electrons. The number of halogens is 1. The number of hydrogen-bond acceptors (Lipinski definition) is 3. The summed E-state index contributed by atoms with van der Waals surface area (Å²) >= 11 is 3.39. The largest absolute Gasteiger partial charge is 0.357 e. The van der Waals surface area contributed by atoms with Gasteiger partial charge < -0.3 is 20.1 Å². The summed E-state index contributed by atoms with van der Waals surface area (Å²) < 4.78 is 2.75. The van der Waals surface area contributed by atoms with Crippen LogP contribution in [0.3, 0.4) is 0 Å². The van der Waals surface area contributed by atoms with Crippen molar-refractivity contribution in [3.63, 3.8) is 0 Å². The minimum atomic E-state index is -0.458. The van der Waals surface area contributed by atoms with Crippen LogP contribution in [0.2, 0.25) is 0 Å². The van der Waals surface area contributed by atoms with Crippen LogP contribution in [0.15, 0.2) is 16.7 Å². The molecule has 7 heteroatoms. The van der Waals surface area contributed by atoms with Crippen molar-refractivity contribution in [1.82, 2.24) is 20.1 Å². The Hall–Kier alpha value is -1.34. The molecule has 2 N–H and O–H groups in total. The van der Waals surface area contributed by atoms with Crippen molar-refractivity contribution in [3.05, 3.63) is 22.4 Å². The van der Waals surface area contributed by atoms with E-state index < -0.39 is 6.04 Å². The summed E-state index contributed by atoms with van der Waals surface area (Å²) in [4.78, 5) is 26.3. The maximum absolute atomic E-state index is 12.7. The van der Waals surface area contributed by atoms with Crippen LogP contribution >= 0.6 is 15.9 Å². The SMILES string of the molecule is CCn1cc(Br)cc1C(=O)N1CCNCC1C(=O)NC. The Morgan fingerprint density at radius 2 is 2.30 bits per heavy atom. The zero-order chi connectivity index (χ0) is 14.7. The summed E-state index contributed by atoms with van der Waals surface area (Å²) in [6.45, 7) is 4.41. The molecule has 1 aromatic rings. The molecule has 1 fully saturated rings. The molecule has 1 aromatic heterocycles. The van der Waals surface area contributed by atoms with Gasteiger partial charge in [0.15, 0.2) is 0 Å². The number of aryl methyl sites for hydroxylation is 1. The van der Waals surface area contributed by atoms with Gasteiger partial charge in [0.25, 0.3) is 5.91 Å². The summed E-state index contributed by atoms with van der Waals surface area (Å²) in [6, 6.07) is 1.34. The summed E-state index contributed by atoms with van der Waals surface area (Å²) in [7, 11) is 1.59. The smallest absolute Gasteiger partial charge is 0.271 e. The summed E-state index contributed by atoms with van der Waals surface area (Å²) in [5.41, 5.74) is 0.607. The normalized spacial score (nSPS) is 18.9. The van der Waals surface area contributed by atoms with Crippen LogP contribution in [0.25, 0.3) is 0 Å². The van der Waals surface area contributed by atoms with E-state index in [1.165, 1.54) is 0 Å². The number of likely N-dealkylation sites (N-methyl/N-ethyl adjacent to an activating group) is 1. The van der Waals surface area contributed by atoms with E-state index in [1.54, 1.807) is 18.0 Å². The molecule has 20 heavy (non-hydrogen) atoms. The van der Waals surface area contributed by atoms with Crippen molar-refractivity contribution in [2.75, 3.05) is 26.7 Å². The Labute approximate surface area is 126 Å². The van der Waals surface area contributed by atoms with Gasteiger partial charge in [-0.1, -0.05) is 0 Å². The molecule has 1 atom stereocenters. The molecule has 0 aliphatic carbocycles. The molecule has 6 nitrogen and oxygen atoms in total. The first-order valence-corrected chi connectivity index (χ1v) is 7.46. The first-order chi connectivity index (χ1) is 9.58. The lowest BCUT2D eigenvalue weighted by molar-refractivity contribution is -0.125. The second kappa shape index (κ2) is 6.41. The first kappa shape index (κ1) is 15.1. The molecule has 2 rings (SSSR count). The lowest BCUT2D eigenvalue weighted by Crippen LogP contribution is -2.59. The minimum absolute atomic E-state index is 0.104. The molecule has 1 aliphatic heterocycles. The number of amides is 2. The van der Waals surface area contributed by atoms with Gasteiger partial charge in [0.2, 0.25) is 5.91 Å². The van der Waals surface area contributed by atoms with Crippen molar-refractivity contribution in [3.8, 4) is 0 Å². The Bertz CT molecular complexity index is 514. The Morgan fingerprint density at radius 3 is 2.95 bits per heavy atom. The van der Waals surface area contributed by atoms with Gasteiger partial charge in [-0.2, -0.15) is 0 Å². The quantitative estimate of drug-likeness (QED) is 0.837. The van der Waals surface area contributed by atoms with Crippen molar-refractivity contribution >= 4 is 27.7 Å². The topological polar surface area (TPSA) is 66.4 Å². The molecule has 0 radical (unpaired) electrons. The van der Waals surface area contributed by atoms with Crippen molar-refractivity contribution in [2.24, 2.45) is 0 Å². The maximum Gasteiger partial charge on any atom is 0.271 e. The van der Waals surface area contributed by atoms with Gasteiger partial charge in [-0.25, -0.2) is 0 Å². The highest BCUT2D eigenvalue weighted by Crippen LogP contribution is 2.18. The van der Waals surface area contributed by atoms with E-state index in [0.717, 1.165) is 4.47 Å². The first-order valence-electron chi connectivity index (χ1n) is 6.67. The van der Waals surface area contributed by atoms with Crippen molar-refractivity contribution in [1.29, 1.82) is 0 Å². The predicted octanol–water partition coefficient (Wildman–Crippen LogP) is 0.430. The monoisotopic (exact) mass is 342 g/mol. The third-order valence-corrected chi connectivity index (χ3v) is 3.91. The van der Waals surface area contributed by atoms with Gasteiger partial charge in [-0.05, 0) is 28.9 Å². The molecule has 1 aliphatic rings. The summed E-state index contributed by atoms with van der Waals surface area (Å²) in [5, 5.41) is 5.77. The molecule has 0 bridgehead atoms. The molecule has 1 unspecified atom stereocenters. The van der Waals surface area contributed by atoms with E-state index in [2.05, 4.69) is 26.6 Å². The molecule has 2 amide bonds. The predicted molar refractivity (Wildman–Crippen MR) is 79.6 cm³/mol. The fraction of sp³-hybridized carbons (Fsp3) is 0.538. The van der Waals surface area contributed by atoms with Crippen LogP contribution in [-0.2, 0) is 11.3 Å². The number of piperazine rings is 1. The fourth-order valence-corrected chi connectivity index (χ4v) is 2.87. The second-order valence-electron chi connectivity index (χ2n) is 4.66. The van der Waals surface area contributed by atoms with Gasteiger partial charge in [0, 0.05) is 43.9 Å². The van der Waals surface area contributed by atoms with Crippen LogP contribution in [0.4, 0.5) is 0 Å². The van der Waals surface area contributed by atoms with Gasteiger partial charge in [0.1, 0.15) is 11.7 Å². The molecular weight excluding hydrogens is 324 g/mol. The van der Waals surface area contributed by atoms with E-state index in [0.29, 0.717) is 31.9 Å². The zero-order valence-electron chi connectivity index (χ0n) is 11.6. The van der Waals surface area contributed by atoms with Gasteiger partial charge in [-0.3, -0.25) is 9.59 Å². The van der Waals surface area contributed by atoms with E-state index in [4.69, 9.17) is 0 Å². The van der Waals surface area contributed by atoms with Crippen molar-refractivity contribution in [2.45, 2.75) is 19.5 Å². The number of rotatable bonds is 3. The lowest BCUT2D eigenvalue weighted by atomic mass is 10.1. The van der Waals surface area contributed by atoms with Gasteiger partial charge in [0.05, 0.1) is 0 Å².